The van der Waals surface area contributed by atoms with Crippen molar-refractivity contribution < 1.29 is 27.8 Å². The summed E-state index contributed by atoms with van der Waals surface area (Å²) in [5.74, 6) is -1.48. The van der Waals surface area contributed by atoms with Crippen molar-refractivity contribution in [2.45, 2.75) is 6.18 Å². The van der Waals surface area contributed by atoms with Crippen LogP contribution in [0, 0.1) is 0 Å². The molecule has 1 aliphatic rings. The van der Waals surface area contributed by atoms with E-state index in [1.807, 2.05) is 0 Å². The maximum atomic E-state index is 12.7. The Kier molecular flexibility index (Phi) is 3.61. The molecule has 0 atom stereocenters. The van der Waals surface area contributed by atoms with Crippen LogP contribution in [0.1, 0.15) is 16.1 Å². The number of alkyl halides is 3. The SMILES string of the molecule is O=C(O)c1cc(C(F)(F)F)cc(N2CCOCC2)n1. The largest absolute Gasteiger partial charge is 0.477 e. The molecule has 104 valence electrons. The van der Waals surface area contributed by atoms with E-state index in [9.17, 15) is 18.0 Å². The molecular formula is C11H11F3N2O3. The van der Waals surface area contributed by atoms with Gasteiger partial charge in [-0.15, -0.1) is 0 Å². The predicted molar refractivity (Wildman–Crippen MR) is 59.2 cm³/mol. The second kappa shape index (κ2) is 5.04. The number of nitrogens with zero attached hydrogens (tertiary/aromatic N) is 2. The molecule has 0 aliphatic carbocycles. The molecule has 1 N–H and O–H groups in total. The van der Waals surface area contributed by atoms with Crippen molar-refractivity contribution in [1.82, 2.24) is 4.98 Å². The van der Waals surface area contributed by atoms with Crippen LogP contribution in [0.2, 0.25) is 0 Å². The first kappa shape index (κ1) is 13.6. The lowest BCUT2D eigenvalue weighted by atomic mass is 10.2. The Morgan fingerprint density at radius 1 is 1.32 bits per heavy atom. The van der Waals surface area contributed by atoms with Crippen molar-refractivity contribution in [3.05, 3.63) is 23.4 Å². The van der Waals surface area contributed by atoms with Crippen LogP contribution in [0.5, 0.6) is 0 Å². The number of pyridine rings is 1. The summed E-state index contributed by atoms with van der Waals surface area (Å²) >= 11 is 0. The van der Waals surface area contributed by atoms with Gasteiger partial charge in [0.15, 0.2) is 5.69 Å². The molecule has 19 heavy (non-hydrogen) atoms. The monoisotopic (exact) mass is 276 g/mol. The number of hydrogen-bond acceptors (Lipinski definition) is 4. The third-order valence-electron chi connectivity index (χ3n) is 2.69. The first-order valence-electron chi connectivity index (χ1n) is 5.53. The third-order valence-corrected chi connectivity index (χ3v) is 2.69. The third kappa shape index (κ3) is 3.14. The van der Waals surface area contributed by atoms with E-state index in [0.717, 1.165) is 6.07 Å². The predicted octanol–water partition coefficient (Wildman–Crippen LogP) is 1.64. The minimum atomic E-state index is -4.60. The number of aromatic nitrogens is 1. The van der Waals surface area contributed by atoms with Crippen LogP contribution >= 0.6 is 0 Å². The summed E-state index contributed by atoms with van der Waals surface area (Å²) < 4.78 is 43.2. The summed E-state index contributed by atoms with van der Waals surface area (Å²) in [4.78, 5) is 16.2. The molecule has 8 heteroatoms. The zero-order chi connectivity index (χ0) is 14.0. The highest BCUT2D eigenvalue weighted by Crippen LogP contribution is 2.31. The van der Waals surface area contributed by atoms with Gasteiger partial charge in [-0.25, -0.2) is 9.78 Å². The summed E-state index contributed by atoms with van der Waals surface area (Å²) in [5.41, 5.74) is -1.63. The van der Waals surface area contributed by atoms with Gasteiger partial charge in [-0.05, 0) is 12.1 Å². The number of hydrogen-bond donors (Lipinski definition) is 1. The maximum absolute atomic E-state index is 12.7. The van der Waals surface area contributed by atoms with E-state index >= 15 is 0 Å². The quantitative estimate of drug-likeness (QED) is 0.889. The molecule has 0 unspecified atom stereocenters. The van der Waals surface area contributed by atoms with Crippen LogP contribution in [-0.2, 0) is 10.9 Å². The van der Waals surface area contributed by atoms with E-state index in [1.165, 1.54) is 0 Å². The minimum absolute atomic E-state index is 0.00975. The zero-order valence-electron chi connectivity index (χ0n) is 9.78. The standard InChI is InChI=1S/C11H11F3N2O3/c12-11(13,14)7-5-8(10(17)18)15-9(6-7)16-1-3-19-4-2-16/h5-6H,1-4H2,(H,17,18). The van der Waals surface area contributed by atoms with Crippen molar-refractivity contribution in [2.75, 3.05) is 31.2 Å². The van der Waals surface area contributed by atoms with Gasteiger partial charge in [0.2, 0.25) is 0 Å². The summed E-state index contributed by atoms with van der Waals surface area (Å²) in [6, 6.07) is 1.39. The number of morpholine rings is 1. The number of carboxylic acids is 1. The van der Waals surface area contributed by atoms with Crippen molar-refractivity contribution in [3.8, 4) is 0 Å². The number of rotatable bonds is 2. The van der Waals surface area contributed by atoms with Gasteiger partial charge in [0.05, 0.1) is 18.8 Å². The number of carbonyl (C=O) groups is 1. The second-order valence-corrected chi connectivity index (χ2v) is 4.00. The van der Waals surface area contributed by atoms with Crippen molar-refractivity contribution >= 4 is 11.8 Å². The Morgan fingerprint density at radius 3 is 2.47 bits per heavy atom. The average Bonchev–Trinajstić information content (AvgIpc) is 2.38. The summed E-state index contributed by atoms with van der Waals surface area (Å²) in [5, 5.41) is 8.82. The van der Waals surface area contributed by atoms with Gasteiger partial charge in [0.25, 0.3) is 0 Å². The number of halogens is 3. The van der Waals surface area contributed by atoms with Gasteiger partial charge in [-0.2, -0.15) is 13.2 Å². The molecule has 1 saturated heterocycles. The van der Waals surface area contributed by atoms with Crippen LogP contribution in [0.25, 0.3) is 0 Å². The van der Waals surface area contributed by atoms with E-state index in [2.05, 4.69) is 4.98 Å². The first-order chi connectivity index (χ1) is 8.88. The molecule has 2 rings (SSSR count). The van der Waals surface area contributed by atoms with E-state index < -0.39 is 23.4 Å². The fraction of sp³-hybridized carbons (Fsp3) is 0.455. The molecule has 1 aliphatic heterocycles. The van der Waals surface area contributed by atoms with E-state index in [-0.39, 0.29) is 5.82 Å². The Hall–Kier alpha value is -1.83. The Labute approximate surface area is 106 Å². The van der Waals surface area contributed by atoms with Gasteiger partial charge in [0.1, 0.15) is 5.82 Å². The van der Waals surface area contributed by atoms with Crippen molar-refractivity contribution in [3.63, 3.8) is 0 Å². The van der Waals surface area contributed by atoms with Gasteiger partial charge in [-0.3, -0.25) is 0 Å². The molecular weight excluding hydrogens is 265 g/mol. The van der Waals surface area contributed by atoms with Gasteiger partial charge >= 0.3 is 12.1 Å². The maximum Gasteiger partial charge on any atom is 0.416 e. The molecule has 0 spiro atoms. The van der Waals surface area contributed by atoms with E-state index in [4.69, 9.17) is 9.84 Å². The fourth-order valence-electron chi connectivity index (χ4n) is 1.74. The van der Waals surface area contributed by atoms with Gasteiger partial charge < -0.3 is 14.7 Å². The molecule has 1 fully saturated rings. The number of aromatic carboxylic acids is 1. The second-order valence-electron chi connectivity index (χ2n) is 4.00. The molecule has 0 radical (unpaired) electrons. The van der Waals surface area contributed by atoms with Crippen LogP contribution in [0.15, 0.2) is 12.1 Å². The molecule has 2 heterocycles. The highest BCUT2D eigenvalue weighted by atomic mass is 19.4. The van der Waals surface area contributed by atoms with Crippen molar-refractivity contribution in [2.24, 2.45) is 0 Å². The van der Waals surface area contributed by atoms with Gasteiger partial charge in [0, 0.05) is 13.1 Å². The Balaban J connectivity index is 2.41. The molecule has 0 bridgehead atoms. The zero-order valence-corrected chi connectivity index (χ0v) is 9.78. The average molecular weight is 276 g/mol. The highest BCUT2D eigenvalue weighted by Gasteiger charge is 2.33. The van der Waals surface area contributed by atoms with Crippen molar-refractivity contribution in [1.29, 1.82) is 0 Å². The lowest BCUT2D eigenvalue weighted by Crippen LogP contribution is -2.37. The molecule has 1 aromatic rings. The normalized spacial score (nSPS) is 16.5. The molecule has 0 saturated carbocycles. The molecule has 0 amide bonds. The summed E-state index contributed by atoms with van der Waals surface area (Å²) in [6.07, 6.45) is -4.60. The van der Waals surface area contributed by atoms with Crippen LogP contribution in [0.3, 0.4) is 0 Å². The Bertz CT molecular complexity index is 485. The first-order valence-corrected chi connectivity index (χ1v) is 5.53. The number of ether oxygens (including phenoxy) is 1. The van der Waals surface area contributed by atoms with E-state index in [0.29, 0.717) is 32.4 Å². The molecule has 5 nitrogen and oxygen atoms in total. The van der Waals surface area contributed by atoms with Crippen LogP contribution < -0.4 is 4.90 Å². The fourth-order valence-corrected chi connectivity index (χ4v) is 1.74. The van der Waals surface area contributed by atoms with Crippen LogP contribution in [-0.4, -0.2) is 42.4 Å². The highest BCUT2D eigenvalue weighted by molar-refractivity contribution is 5.86. The molecule has 0 aromatic carbocycles. The van der Waals surface area contributed by atoms with Gasteiger partial charge in [-0.1, -0.05) is 0 Å². The summed E-state index contributed by atoms with van der Waals surface area (Å²) in [7, 11) is 0. The topological polar surface area (TPSA) is 62.7 Å². The van der Waals surface area contributed by atoms with Crippen LogP contribution in [0.4, 0.5) is 19.0 Å². The smallest absolute Gasteiger partial charge is 0.416 e. The number of carboxylic acid groups (broad SMARTS) is 1. The van der Waals surface area contributed by atoms with E-state index in [1.54, 1.807) is 4.90 Å². The summed E-state index contributed by atoms with van der Waals surface area (Å²) in [6.45, 7) is 1.52. The lowest BCUT2D eigenvalue weighted by Gasteiger charge is -2.28. The minimum Gasteiger partial charge on any atom is -0.477 e. The number of anilines is 1. The lowest BCUT2D eigenvalue weighted by molar-refractivity contribution is -0.137. The molecule has 1 aromatic heterocycles. The Morgan fingerprint density at radius 2 is 1.95 bits per heavy atom.